The summed E-state index contributed by atoms with van der Waals surface area (Å²) >= 11 is 6.29. The van der Waals surface area contributed by atoms with Crippen molar-refractivity contribution in [2.24, 2.45) is 0 Å². The third kappa shape index (κ3) is 4.89. The van der Waals surface area contributed by atoms with Gasteiger partial charge >= 0.3 is 0 Å². The quantitative estimate of drug-likeness (QED) is 0.563. The van der Waals surface area contributed by atoms with Gasteiger partial charge in [0.25, 0.3) is 11.6 Å². The van der Waals surface area contributed by atoms with Crippen LogP contribution in [0, 0.1) is 10.1 Å². The maximum Gasteiger partial charge on any atom is 0.273 e. The van der Waals surface area contributed by atoms with E-state index in [4.69, 9.17) is 16.3 Å². The van der Waals surface area contributed by atoms with Gasteiger partial charge in [-0.05, 0) is 24.3 Å². The van der Waals surface area contributed by atoms with E-state index in [1.807, 2.05) is 4.90 Å². The highest BCUT2D eigenvalue weighted by Gasteiger charge is 2.19. The van der Waals surface area contributed by atoms with Crippen LogP contribution in [0.5, 0.6) is 5.75 Å². The number of rotatable bonds is 6. The van der Waals surface area contributed by atoms with Gasteiger partial charge in [-0.2, -0.15) is 0 Å². The van der Waals surface area contributed by atoms with Crippen LogP contribution in [0.25, 0.3) is 0 Å². The van der Waals surface area contributed by atoms with Crippen LogP contribution < -0.4 is 20.3 Å². The second-order valence-corrected chi connectivity index (χ2v) is 6.44. The van der Waals surface area contributed by atoms with E-state index >= 15 is 0 Å². The topological polar surface area (TPSA) is 114 Å². The van der Waals surface area contributed by atoms with Crippen molar-refractivity contribution < 1.29 is 19.2 Å². The number of halogens is 1. The molecule has 1 aliphatic heterocycles. The Balaban J connectivity index is 1.58. The molecule has 3 rings (SSSR count). The zero-order valence-corrected chi connectivity index (χ0v) is 15.4. The first kappa shape index (κ1) is 19.4. The van der Waals surface area contributed by atoms with Crippen molar-refractivity contribution in [1.29, 1.82) is 0 Å². The van der Waals surface area contributed by atoms with Gasteiger partial charge in [-0.25, -0.2) is 0 Å². The molecule has 0 aromatic heterocycles. The number of carbonyl (C=O) groups is 2. The lowest BCUT2D eigenvalue weighted by molar-refractivity contribution is -0.384. The van der Waals surface area contributed by atoms with E-state index in [2.05, 4.69) is 10.6 Å². The number of carbonyl (C=O) groups excluding carboxylic acids is 2. The number of non-ortho nitro benzene ring substituents is 1. The van der Waals surface area contributed by atoms with Crippen molar-refractivity contribution in [2.45, 2.75) is 0 Å². The molecule has 0 saturated carbocycles. The Morgan fingerprint density at radius 3 is 2.86 bits per heavy atom. The molecule has 1 heterocycles. The maximum absolute atomic E-state index is 12.1. The van der Waals surface area contributed by atoms with Crippen LogP contribution >= 0.6 is 11.6 Å². The number of piperazine rings is 1. The fraction of sp³-hybridized carbons (Fsp3) is 0.222. The third-order valence-corrected chi connectivity index (χ3v) is 4.31. The Kier molecular flexibility index (Phi) is 5.95. The predicted octanol–water partition coefficient (Wildman–Crippen LogP) is 2.20. The standard InChI is InChI=1S/C18H17ClN4O5/c19-15-8-12(4-5-16(15)22-7-6-20-17(24)10-22)21-18(25)11-28-14-3-1-2-13(9-14)23(26)27/h1-5,8-9H,6-7,10-11H2,(H,20,24)(H,21,25). The molecule has 0 aliphatic carbocycles. The minimum absolute atomic E-state index is 0.0713. The summed E-state index contributed by atoms with van der Waals surface area (Å²) in [5.74, 6) is -0.285. The van der Waals surface area contributed by atoms with Gasteiger partial charge in [0.2, 0.25) is 5.91 Å². The van der Waals surface area contributed by atoms with Gasteiger partial charge in [-0.3, -0.25) is 19.7 Å². The fourth-order valence-corrected chi connectivity index (χ4v) is 3.02. The zero-order valence-electron chi connectivity index (χ0n) is 14.7. The number of hydrogen-bond donors (Lipinski definition) is 2. The molecule has 0 spiro atoms. The van der Waals surface area contributed by atoms with Crippen LogP contribution in [-0.2, 0) is 9.59 Å². The number of benzene rings is 2. The average Bonchev–Trinajstić information content (AvgIpc) is 2.67. The molecule has 0 bridgehead atoms. The summed E-state index contributed by atoms with van der Waals surface area (Å²) in [6.45, 7) is 1.10. The number of ether oxygens (including phenoxy) is 1. The first-order valence-electron chi connectivity index (χ1n) is 8.40. The monoisotopic (exact) mass is 404 g/mol. The van der Waals surface area contributed by atoms with Gasteiger partial charge < -0.3 is 20.3 Å². The molecule has 9 nitrogen and oxygen atoms in total. The normalized spacial score (nSPS) is 13.6. The number of amides is 2. The Labute approximate surface area is 165 Å². The van der Waals surface area contributed by atoms with E-state index in [1.165, 1.54) is 24.3 Å². The molecular formula is C18H17ClN4O5. The van der Waals surface area contributed by atoms with Crippen molar-refractivity contribution in [3.05, 3.63) is 57.6 Å². The number of anilines is 2. The Morgan fingerprint density at radius 1 is 1.32 bits per heavy atom. The smallest absolute Gasteiger partial charge is 0.273 e. The lowest BCUT2D eigenvalue weighted by Gasteiger charge is -2.29. The summed E-state index contributed by atoms with van der Waals surface area (Å²) in [6.07, 6.45) is 0. The van der Waals surface area contributed by atoms with E-state index < -0.39 is 10.8 Å². The predicted molar refractivity (Wildman–Crippen MR) is 104 cm³/mol. The highest BCUT2D eigenvalue weighted by Crippen LogP contribution is 2.29. The molecule has 10 heteroatoms. The zero-order chi connectivity index (χ0) is 20.1. The van der Waals surface area contributed by atoms with Crippen LogP contribution in [0.3, 0.4) is 0 Å². The van der Waals surface area contributed by atoms with E-state index in [-0.39, 0.29) is 30.5 Å². The lowest BCUT2D eigenvalue weighted by atomic mass is 10.2. The number of nitro groups is 1. The summed E-state index contributed by atoms with van der Waals surface area (Å²) < 4.78 is 5.29. The number of nitro benzene ring substituents is 1. The second-order valence-electron chi connectivity index (χ2n) is 6.03. The first-order chi connectivity index (χ1) is 13.4. The summed E-state index contributed by atoms with van der Waals surface area (Å²) in [5, 5.41) is 16.6. The molecule has 2 amide bonds. The Morgan fingerprint density at radius 2 is 2.14 bits per heavy atom. The van der Waals surface area contributed by atoms with Gasteiger partial charge in [-0.1, -0.05) is 17.7 Å². The lowest BCUT2D eigenvalue weighted by Crippen LogP contribution is -2.47. The highest BCUT2D eigenvalue weighted by atomic mass is 35.5. The summed E-state index contributed by atoms with van der Waals surface area (Å²) in [6, 6.07) is 10.6. The van der Waals surface area contributed by atoms with Gasteiger partial charge in [0, 0.05) is 24.8 Å². The molecule has 2 aromatic carbocycles. The maximum atomic E-state index is 12.1. The minimum atomic E-state index is -0.539. The number of hydrogen-bond acceptors (Lipinski definition) is 6. The molecule has 2 aromatic rings. The number of nitrogens with one attached hydrogen (secondary N) is 2. The molecule has 28 heavy (non-hydrogen) atoms. The van der Waals surface area contributed by atoms with Crippen LogP contribution in [-0.4, -0.2) is 43.0 Å². The van der Waals surface area contributed by atoms with Gasteiger partial charge in [0.05, 0.1) is 28.2 Å². The van der Waals surface area contributed by atoms with Gasteiger partial charge in [-0.15, -0.1) is 0 Å². The SMILES string of the molecule is O=C1CN(c2ccc(NC(=O)COc3cccc([N+](=O)[O-])c3)cc2Cl)CCN1. The van der Waals surface area contributed by atoms with E-state index in [9.17, 15) is 19.7 Å². The molecule has 0 unspecified atom stereocenters. The molecule has 1 saturated heterocycles. The summed E-state index contributed by atoms with van der Waals surface area (Å²) in [7, 11) is 0. The summed E-state index contributed by atoms with van der Waals surface area (Å²) in [4.78, 5) is 35.7. The van der Waals surface area contributed by atoms with Crippen molar-refractivity contribution in [1.82, 2.24) is 5.32 Å². The van der Waals surface area contributed by atoms with Crippen molar-refractivity contribution in [3.8, 4) is 5.75 Å². The molecule has 1 aliphatic rings. The van der Waals surface area contributed by atoms with Gasteiger partial charge in [0.15, 0.2) is 6.61 Å². The van der Waals surface area contributed by atoms with Crippen molar-refractivity contribution >= 4 is 40.5 Å². The fourth-order valence-electron chi connectivity index (χ4n) is 2.72. The molecule has 146 valence electrons. The highest BCUT2D eigenvalue weighted by molar-refractivity contribution is 6.33. The molecule has 0 atom stereocenters. The minimum Gasteiger partial charge on any atom is -0.484 e. The van der Waals surface area contributed by atoms with Gasteiger partial charge in [0.1, 0.15) is 5.75 Å². The van der Waals surface area contributed by atoms with E-state index in [0.717, 1.165) is 0 Å². The second kappa shape index (κ2) is 8.57. The van der Waals surface area contributed by atoms with Crippen LogP contribution in [0.15, 0.2) is 42.5 Å². The van der Waals surface area contributed by atoms with E-state index in [1.54, 1.807) is 18.2 Å². The summed E-state index contributed by atoms with van der Waals surface area (Å²) in [5.41, 5.74) is 1.07. The third-order valence-electron chi connectivity index (χ3n) is 4.01. The molecule has 0 radical (unpaired) electrons. The van der Waals surface area contributed by atoms with E-state index in [0.29, 0.717) is 29.5 Å². The van der Waals surface area contributed by atoms with Crippen LogP contribution in [0.1, 0.15) is 0 Å². The number of nitrogens with zero attached hydrogens (tertiary/aromatic N) is 2. The Hall–Kier alpha value is -3.33. The van der Waals surface area contributed by atoms with Crippen molar-refractivity contribution in [3.63, 3.8) is 0 Å². The largest absolute Gasteiger partial charge is 0.484 e. The average molecular weight is 405 g/mol. The Bertz CT molecular complexity index is 921. The van der Waals surface area contributed by atoms with Crippen LogP contribution in [0.2, 0.25) is 5.02 Å². The first-order valence-corrected chi connectivity index (χ1v) is 8.78. The van der Waals surface area contributed by atoms with Crippen LogP contribution in [0.4, 0.5) is 17.1 Å². The molecule has 1 fully saturated rings. The van der Waals surface area contributed by atoms with Crippen molar-refractivity contribution in [2.75, 3.05) is 36.5 Å². The molecule has 2 N–H and O–H groups in total. The molecular weight excluding hydrogens is 388 g/mol.